The molecular formula is C9H7F3N4OS. The topological polar surface area (TPSA) is 59.3 Å². The number of fused-ring (bicyclic) bond motifs is 1. The molecule has 1 N–H and O–H groups in total. The zero-order chi connectivity index (χ0) is 13.3. The lowest BCUT2D eigenvalue weighted by Gasteiger charge is -2.06. The smallest absolute Gasteiger partial charge is 0.357 e. The Morgan fingerprint density at radius 3 is 2.89 bits per heavy atom. The second-order valence-electron chi connectivity index (χ2n) is 3.25. The van der Waals surface area contributed by atoms with E-state index in [9.17, 15) is 18.0 Å². The minimum absolute atomic E-state index is 0.110. The molecule has 0 aromatic carbocycles. The van der Waals surface area contributed by atoms with Crippen molar-refractivity contribution >= 4 is 21.4 Å². The summed E-state index contributed by atoms with van der Waals surface area (Å²) < 4.78 is 38.7. The Morgan fingerprint density at radius 2 is 2.28 bits per heavy atom. The fourth-order valence-electron chi connectivity index (χ4n) is 1.25. The molecule has 5 nitrogen and oxygen atoms in total. The predicted octanol–water partition coefficient (Wildman–Crippen LogP) is 1.77. The van der Waals surface area contributed by atoms with Crippen LogP contribution in [-0.4, -0.2) is 21.1 Å². The SMILES string of the molecule is C=CCNc1nn2c(C(F)(F)F)cc(=O)nc2s1. The van der Waals surface area contributed by atoms with Crippen LogP contribution in [0.5, 0.6) is 0 Å². The van der Waals surface area contributed by atoms with Crippen LogP contribution in [0.2, 0.25) is 0 Å². The highest BCUT2D eigenvalue weighted by Crippen LogP contribution is 2.29. The van der Waals surface area contributed by atoms with Crippen molar-refractivity contribution in [3.05, 3.63) is 34.8 Å². The molecule has 18 heavy (non-hydrogen) atoms. The van der Waals surface area contributed by atoms with Crippen molar-refractivity contribution in [1.82, 2.24) is 14.6 Å². The van der Waals surface area contributed by atoms with E-state index in [1.54, 1.807) is 0 Å². The van der Waals surface area contributed by atoms with E-state index in [0.717, 1.165) is 11.3 Å². The first-order valence-electron chi connectivity index (χ1n) is 4.74. The van der Waals surface area contributed by atoms with Crippen molar-refractivity contribution in [2.45, 2.75) is 6.18 Å². The quantitative estimate of drug-likeness (QED) is 0.868. The molecule has 0 radical (unpaired) electrons. The molecule has 2 heterocycles. The summed E-state index contributed by atoms with van der Waals surface area (Å²) in [6.45, 7) is 3.82. The molecule has 9 heteroatoms. The highest BCUT2D eigenvalue weighted by molar-refractivity contribution is 7.20. The van der Waals surface area contributed by atoms with E-state index < -0.39 is 17.4 Å². The molecule has 0 saturated heterocycles. The normalized spacial score (nSPS) is 11.7. The Morgan fingerprint density at radius 1 is 1.56 bits per heavy atom. The molecule has 0 spiro atoms. The van der Waals surface area contributed by atoms with Gasteiger partial charge in [0, 0.05) is 12.6 Å². The second kappa shape index (κ2) is 4.41. The van der Waals surface area contributed by atoms with Gasteiger partial charge in [-0.05, 0) is 0 Å². The molecule has 0 atom stereocenters. The van der Waals surface area contributed by atoms with Crippen LogP contribution in [0, 0.1) is 0 Å². The van der Waals surface area contributed by atoms with E-state index in [1.165, 1.54) is 6.08 Å². The van der Waals surface area contributed by atoms with Gasteiger partial charge in [0.2, 0.25) is 10.1 Å². The summed E-state index contributed by atoms with van der Waals surface area (Å²) in [7, 11) is 0. The molecule has 0 amide bonds. The van der Waals surface area contributed by atoms with E-state index in [2.05, 4.69) is 22.0 Å². The molecule has 0 unspecified atom stereocenters. The number of alkyl halides is 3. The minimum Gasteiger partial charge on any atom is -0.357 e. The Balaban J connectivity index is 2.60. The molecule has 0 aliphatic rings. The van der Waals surface area contributed by atoms with E-state index in [1.807, 2.05) is 0 Å². The maximum Gasteiger partial charge on any atom is 0.433 e. The van der Waals surface area contributed by atoms with Gasteiger partial charge in [0.1, 0.15) is 0 Å². The standard InChI is InChI=1S/C9H7F3N4OS/c1-2-3-13-7-15-16-5(9(10,11)12)4-6(17)14-8(16)18-7/h2,4H,1,3H2,(H,13,15). The summed E-state index contributed by atoms with van der Waals surface area (Å²) in [6, 6.07) is 0.421. The third kappa shape index (κ3) is 2.35. The summed E-state index contributed by atoms with van der Waals surface area (Å²) in [5, 5.41) is 6.69. The lowest BCUT2D eigenvalue weighted by molar-refractivity contribution is -0.142. The number of anilines is 1. The van der Waals surface area contributed by atoms with Gasteiger partial charge in [-0.3, -0.25) is 4.79 Å². The predicted molar refractivity (Wildman–Crippen MR) is 60.8 cm³/mol. The number of aromatic nitrogens is 3. The molecule has 0 saturated carbocycles. The third-order valence-corrected chi connectivity index (χ3v) is 2.81. The Kier molecular flexibility index (Phi) is 3.07. The number of halogens is 3. The summed E-state index contributed by atoms with van der Waals surface area (Å²) in [5.41, 5.74) is -2.08. The lowest BCUT2D eigenvalue weighted by atomic mass is 10.4. The number of nitrogens with zero attached hydrogens (tertiary/aromatic N) is 3. The zero-order valence-electron chi connectivity index (χ0n) is 8.86. The molecule has 96 valence electrons. The largest absolute Gasteiger partial charge is 0.433 e. The summed E-state index contributed by atoms with van der Waals surface area (Å²) in [4.78, 5) is 14.5. The van der Waals surface area contributed by atoms with Crippen molar-refractivity contribution in [2.75, 3.05) is 11.9 Å². The number of nitrogens with one attached hydrogen (secondary N) is 1. The van der Waals surface area contributed by atoms with Crippen LogP contribution in [0.15, 0.2) is 23.5 Å². The van der Waals surface area contributed by atoms with Gasteiger partial charge in [-0.1, -0.05) is 17.4 Å². The highest BCUT2D eigenvalue weighted by atomic mass is 32.1. The minimum atomic E-state index is -4.66. The van der Waals surface area contributed by atoms with Gasteiger partial charge >= 0.3 is 6.18 Å². The Labute approximate surface area is 103 Å². The molecule has 0 aliphatic heterocycles. The van der Waals surface area contributed by atoms with Crippen LogP contribution >= 0.6 is 11.3 Å². The first-order chi connectivity index (χ1) is 8.41. The molecule has 0 fully saturated rings. The van der Waals surface area contributed by atoms with Crippen molar-refractivity contribution in [3.63, 3.8) is 0 Å². The number of hydrogen-bond acceptors (Lipinski definition) is 5. The van der Waals surface area contributed by atoms with Crippen LogP contribution in [0.25, 0.3) is 4.96 Å². The molecule has 0 aliphatic carbocycles. The number of hydrogen-bond donors (Lipinski definition) is 1. The first-order valence-corrected chi connectivity index (χ1v) is 5.56. The van der Waals surface area contributed by atoms with Gasteiger partial charge in [-0.15, -0.1) is 11.7 Å². The average Bonchev–Trinajstić information content (AvgIpc) is 2.66. The summed E-state index contributed by atoms with van der Waals surface area (Å²) in [5.74, 6) is 0. The van der Waals surface area contributed by atoms with Crippen molar-refractivity contribution in [2.24, 2.45) is 0 Å². The molecular weight excluding hydrogens is 269 g/mol. The van der Waals surface area contributed by atoms with Crippen molar-refractivity contribution in [3.8, 4) is 0 Å². The van der Waals surface area contributed by atoms with Gasteiger partial charge < -0.3 is 5.32 Å². The molecule has 2 aromatic heterocycles. The van der Waals surface area contributed by atoms with Gasteiger partial charge in [0.15, 0.2) is 5.69 Å². The van der Waals surface area contributed by atoms with E-state index in [4.69, 9.17) is 0 Å². The first kappa shape index (κ1) is 12.6. The van der Waals surface area contributed by atoms with E-state index in [0.29, 0.717) is 17.1 Å². The van der Waals surface area contributed by atoms with Crippen molar-refractivity contribution < 1.29 is 13.2 Å². The molecule has 0 bridgehead atoms. The highest BCUT2D eigenvalue weighted by Gasteiger charge is 2.35. The van der Waals surface area contributed by atoms with E-state index >= 15 is 0 Å². The molecule has 2 aromatic rings. The zero-order valence-corrected chi connectivity index (χ0v) is 9.68. The Hall–Kier alpha value is -1.90. The third-order valence-electron chi connectivity index (χ3n) is 1.94. The average molecular weight is 276 g/mol. The summed E-state index contributed by atoms with van der Waals surface area (Å²) in [6.07, 6.45) is -3.12. The maximum absolute atomic E-state index is 12.7. The van der Waals surface area contributed by atoms with Gasteiger partial charge in [0.05, 0.1) is 0 Å². The fourth-order valence-corrected chi connectivity index (χ4v) is 2.06. The van der Waals surface area contributed by atoms with Gasteiger partial charge in [0.25, 0.3) is 5.56 Å². The van der Waals surface area contributed by atoms with Crippen LogP contribution in [0.3, 0.4) is 0 Å². The van der Waals surface area contributed by atoms with Crippen LogP contribution in [0.4, 0.5) is 18.3 Å². The van der Waals surface area contributed by atoms with Crippen molar-refractivity contribution in [1.29, 1.82) is 0 Å². The van der Waals surface area contributed by atoms with Gasteiger partial charge in [-0.25, -0.2) is 0 Å². The summed E-state index contributed by atoms with van der Waals surface area (Å²) >= 11 is 0.864. The second-order valence-corrected chi connectivity index (χ2v) is 4.20. The van der Waals surface area contributed by atoms with E-state index in [-0.39, 0.29) is 10.1 Å². The Bertz CT molecular complexity index is 645. The van der Waals surface area contributed by atoms with Gasteiger partial charge in [-0.2, -0.15) is 22.7 Å². The monoisotopic (exact) mass is 276 g/mol. The van der Waals surface area contributed by atoms with Crippen LogP contribution in [-0.2, 0) is 6.18 Å². The maximum atomic E-state index is 12.7. The molecule has 2 rings (SSSR count). The van der Waals surface area contributed by atoms with Crippen LogP contribution in [0.1, 0.15) is 5.69 Å². The number of rotatable bonds is 3. The lowest BCUT2D eigenvalue weighted by Crippen LogP contribution is -2.19. The van der Waals surface area contributed by atoms with Crippen LogP contribution < -0.4 is 10.9 Å². The fraction of sp³-hybridized carbons (Fsp3) is 0.222.